The molecule has 1 atom stereocenters. The average Bonchev–Trinajstić information content (AvgIpc) is 3.49. The Morgan fingerprint density at radius 2 is 2.09 bits per heavy atom. The molecule has 0 bridgehead atoms. The van der Waals surface area contributed by atoms with Crippen LogP contribution in [0.25, 0.3) is 11.3 Å². The molecule has 1 aromatic carbocycles. The standard InChI is InChI=1S/C23H28N8O/c1-16(2)19-15-27-31-21(19)28-23(32-18-8-5-10-24-14-18)29-22(31)25-13-17-7-3-4-9-20(17)30-12-6-11-26-30/h3-4,6-7,9,11-12,15-16,18,24H,5,8,10,13-14H2,1-2H3,(H,25,28,29). The van der Waals surface area contributed by atoms with E-state index < -0.39 is 0 Å². The van der Waals surface area contributed by atoms with Crippen molar-refractivity contribution in [3.63, 3.8) is 0 Å². The SMILES string of the molecule is CC(C)c1cnn2c(NCc3ccccc3-n3cccn3)nc(OC3CCCNC3)nc12. The minimum atomic E-state index is 0.0741. The summed E-state index contributed by atoms with van der Waals surface area (Å²) in [5.74, 6) is 0.899. The van der Waals surface area contributed by atoms with E-state index in [1.54, 1.807) is 10.7 Å². The van der Waals surface area contributed by atoms with Gasteiger partial charge in [0.15, 0.2) is 5.65 Å². The molecule has 0 radical (unpaired) electrons. The number of benzene rings is 1. The normalized spacial score (nSPS) is 16.5. The summed E-state index contributed by atoms with van der Waals surface area (Å²) in [7, 11) is 0. The van der Waals surface area contributed by atoms with Crippen molar-refractivity contribution in [1.29, 1.82) is 0 Å². The molecular weight excluding hydrogens is 404 g/mol. The summed E-state index contributed by atoms with van der Waals surface area (Å²) in [5.41, 5.74) is 3.96. The molecule has 0 aliphatic carbocycles. The Labute approximate surface area is 186 Å². The number of piperidine rings is 1. The molecule has 3 aromatic heterocycles. The van der Waals surface area contributed by atoms with Crippen molar-refractivity contribution in [2.75, 3.05) is 18.4 Å². The number of ether oxygens (including phenoxy) is 1. The van der Waals surface area contributed by atoms with Crippen LogP contribution in [0.2, 0.25) is 0 Å². The number of fused-ring (bicyclic) bond motifs is 1. The summed E-state index contributed by atoms with van der Waals surface area (Å²) >= 11 is 0. The molecule has 0 saturated carbocycles. The lowest BCUT2D eigenvalue weighted by Gasteiger charge is -2.23. The largest absolute Gasteiger partial charge is 0.459 e. The van der Waals surface area contributed by atoms with Gasteiger partial charge < -0.3 is 15.4 Å². The van der Waals surface area contributed by atoms with Gasteiger partial charge in [-0.05, 0) is 43.0 Å². The number of nitrogens with one attached hydrogen (secondary N) is 2. The highest BCUT2D eigenvalue weighted by Gasteiger charge is 2.20. The number of para-hydroxylation sites is 1. The molecule has 1 aliphatic heterocycles. The molecule has 1 saturated heterocycles. The highest BCUT2D eigenvalue weighted by atomic mass is 16.5. The van der Waals surface area contributed by atoms with Crippen LogP contribution in [-0.4, -0.2) is 48.6 Å². The Kier molecular flexibility index (Phi) is 5.72. The number of hydrogen-bond donors (Lipinski definition) is 2. The van der Waals surface area contributed by atoms with Gasteiger partial charge in [-0.1, -0.05) is 32.0 Å². The molecule has 9 nitrogen and oxygen atoms in total. The van der Waals surface area contributed by atoms with Gasteiger partial charge in [0, 0.05) is 31.0 Å². The number of anilines is 1. The lowest BCUT2D eigenvalue weighted by Crippen LogP contribution is -2.37. The zero-order chi connectivity index (χ0) is 21.9. The van der Waals surface area contributed by atoms with Gasteiger partial charge in [0.2, 0.25) is 5.95 Å². The lowest BCUT2D eigenvalue weighted by molar-refractivity contribution is 0.153. The Balaban J connectivity index is 1.46. The fourth-order valence-corrected chi connectivity index (χ4v) is 3.99. The molecule has 9 heteroatoms. The van der Waals surface area contributed by atoms with Crippen LogP contribution in [-0.2, 0) is 6.54 Å². The van der Waals surface area contributed by atoms with Crippen molar-refractivity contribution in [3.8, 4) is 11.7 Å². The second-order valence-electron chi connectivity index (χ2n) is 8.34. The molecule has 4 heterocycles. The van der Waals surface area contributed by atoms with Crippen LogP contribution in [0.4, 0.5) is 5.95 Å². The summed E-state index contributed by atoms with van der Waals surface area (Å²) in [6.45, 7) is 6.67. The van der Waals surface area contributed by atoms with Gasteiger partial charge in [-0.15, -0.1) is 0 Å². The Hall–Kier alpha value is -3.46. The van der Waals surface area contributed by atoms with E-state index >= 15 is 0 Å². The fraction of sp³-hybridized carbons (Fsp3) is 0.391. The van der Waals surface area contributed by atoms with Gasteiger partial charge in [-0.25, -0.2) is 4.68 Å². The van der Waals surface area contributed by atoms with E-state index in [4.69, 9.17) is 9.72 Å². The predicted molar refractivity (Wildman–Crippen MR) is 122 cm³/mol. The van der Waals surface area contributed by atoms with E-state index in [1.807, 2.05) is 35.3 Å². The zero-order valence-electron chi connectivity index (χ0n) is 18.4. The van der Waals surface area contributed by atoms with Gasteiger partial charge in [0.05, 0.1) is 11.9 Å². The van der Waals surface area contributed by atoms with Crippen LogP contribution < -0.4 is 15.4 Å². The van der Waals surface area contributed by atoms with Gasteiger partial charge >= 0.3 is 6.01 Å². The first-order valence-corrected chi connectivity index (χ1v) is 11.1. The predicted octanol–water partition coefficient (Wildman–Crippen LogP) is 3.18. The molecule has 4 aromatic rings. The van der Waals surface area contributed by atoms with E-state index in [0.29, 0.717) is 24.4 Å². The summed E-state index contributed by atoms with van der Waals surface area (Å²) < 4.78 is 9.79. The van der Waals surface area contributed by atoms with Crippen LogP contribution >= 0.6 is 0 Å². The van der Waals surface area contributed by atoms with E-state index in [2.05, 4.69) is 51.8 Å². The first-order chi connectivity index (χ1) is 15.7. The quantitative estimate of drug-likeness (QED) is 0.463. The van der Waals surface area contributed by atoms with Crippen molar-refractivity contribution in [2.45, 2.75) is 45.3 Å². The fourth-order valence-electron chi connectivity index (χ4n) is 3.99. The van der Waals surface area contributed by atoms with E-state index in [-0.39, 0.29) is 6.10 Å². The molecule has 1 fully saturated rings. The summed E-state index contributed by atoms with van der Waals surface area (Å²) in [6.07, 6.45) is 7.74. The second-order valence-corrected chi connectivity index (χ2v) is 8.34. The van der Waals surface area contributed by atoms with Crippen LogP contribution in [0.1, 0.15) is 43.7 Å². The molecule has 0 amide bonds. The molecule has 5 rings (SSSR count). The zero-order valence-corrected chi connectivity index (χ0v) is 18.4. The minimum Gasteiger partial charge on any atom is -0.459 e. The maximum atomic E-state index is 6.16. The topological polar surface area (TPSA) is 94.2 Å². The molecular formula is C23H28N8O. The van der Waals surface area contributed by atoms with E-state index in [1.165, 1.54) is 0 Å². The van der Waals surface area contributed by atoms with Gasteiger partial charge in [0.25, 0.3) is 0 Å². The van der Waals surface area contributed by atoms with Crippen LogP contribution in [0, 0.1) is 0 Å². The summed E-state index contributed by atoms with van der Waals surface area (Å²) in [4.78, 5) is 9.39. The van der Waals surface area contributed by atoms with Gasteiger partial charge in [-0.2, -0.15) is 24.7 Å². The van der Waals surface area contributed by atoms with Crippen molar-refractivity contribution < 1.29 is 4.74 Å². The van der Waals surface area contributed by atoms with E-state index in [0.717, 1.165) is 48.4 Å². The number of nitrogens with zero attached hydrogens (tertiary/aromatic N) is 6. The summed E-state index contributed by atoms with van der Waals surface area (Å²) in [6, 6.07) is 10.5. The van der Waals surface area contributed by atoms with Crippen LogP contribution in [0.3, 0.4) is 0 Å². The molecule has 1 aliphatic rings. The number of rotatable bonds is 7. The maximum Gasteiger partial charge on any atom is 0.322 e. The number of hydrogen-bond acceptors (Lipinski definition) is 7. The third-order valence-corrected chi connectivity index (χ3v) is 5.70. The molecule has 0 spiro atoms. The van der Waals surface area contributed by atoms with Crippen molar-refractivity contribution >= 4 is 11.6 Å². The van der Waals surface area contributed by atoms with Gasteiger partial charge in [0.1, 0.15) is 6.10 Å². The molecule has 32 heavy (non-hydrogen) atoms. The van der Waals surface area contributed by atoms with Crippen molar-refractivity contribution in [1.82, 2.24) is 34.7 Å². The monoisotopic (exact) mass is 432 g/mol. The minimum absolute atomic E-state index is 0.0741. The van der Waals surface area contributed by atoms with Crippen molar-refractivity contribution in [3.05, 3.63) is 60.0 Å². The van der Waals surface area contributed by atoms with Gasteiger partial charge in [-0.3, -0.25) is 0 Å². The van der Waals surface area contributed by atoms with Crippen LogP contribution in [0.15, 0.2) is 48.9 Å². The maximum absolute atomic E-state index is 6.16. The Morgan fingerprint density at radius 3 is 2.88 bits per heavy atom. The third kappa shape index (κ3) is 4.16. The van der Waals surface area contributed by atoms with Crippen molar-refractivity contribution in [2.24, 2.45) is 0 Å². The highest BCUT2D eigenvalue weighted by Crippen LogP contribution is 2.24. The smallest absolute Gasteiger partial charge is 0.322 e. The van der Waals surface area contributed by atoms with Crippen LogP contribution in [0.5, 0.6) is 6.01 Å². The first kappa shape index (κ1) is 20.4. The second kappa shape index (κ2) is 8.96. The average molecular weight is 433 g/mol. The Bertz CT molecular complexity index is 1180. The molecule has 166 valence electrons. The molecule has 2 N–H and O–H groups in total. The third-order valence-electron chi connectivity index (χ3n) is 5.70. The lowest BCUT2D eigenvalue weighted by atomic mass is 10.1. The highest BCUT2D eigenvalue weighted by molar-refractivity contribution is 5.53. The number of aromatic nitrogens is 6. The van der Waals surface area contributed by atoms with E-state index in [9.17, 15) is 0 Å². The molecule has 1 unspecified atom stereocenters. The first-order valence-electron chi connectivity index (χ1n) is 11.1. The Morgan fingerprint density at radius 1 is 1.19 bits per heavy atom. The summed E-state index contributed by atoms with van der Waals surface area (Å²) in [5, 5.41) is 15.8.